The molecule has 1 aromatic heterocycles. The molecular formula is C15H11F3N2O3S2. The smallest absolute Gasteiger partial charge is 0.389 e. The van der Waals surface area contributed by atoms with Crippen LogP contribution in [-0.4, -0.2) is 18.5 Å². The van der Waals surface area contributed by atoms with E-state index in [1.807, 2.05) is 0 Å². The molecule has 5 nitrogen and oxygen atoms in total. The standard InChI is InChI=1S/C15H11F3N2O3S2/c16-15(17,18)9-2-1-3-10(6-9)20-25(22,23)11-4-5-13-12(7-11)19-14(8-21)24-13/h1-7,20-21H,8H2. The first kappa shape index (κ1) is 17.6. The third-order valence-corrected chi connectivity index (χ3v) is 5.69. The average molecular weight is 388 g/mol. The van der Waals surface area contributed by atoms with Gasteiger partial charge in [0.2, 0.25) is 0 Å². The van der Waals surface area contributed by atoms with Crippen LogP contribution < -0.4 is 4.72 Å². The first-order valence-electron chi connectivity index (χ1n) is 6.89. The van der Waals surface area contributed by atoms with Gasteiger partial charge in [-0.1, -0.05) is 6.07 Å². The summed E-state index contributed by atoms with van der Waals surface area (Å²) < 4.78 is 65.8. The van der Waals surface area contributed by atoms with Gasteiger partial charge in [-0.15, -0.1) is 11.3 Å². The summed E-state index contributed by atoms with van der Waals surface area (Å²) in [7, 11) is -4.08. The third kappa shape index (κ3) is 3.75. The fraction of sp³-hybridized carbons (Fsp3) is 0.133. The number of nitrogens with one attached hydrogen (secondary N) is 1. The molecule has 0 aliphatic carbocycles. The number of nitrogens with zero attached hydrogens (tertiary/aromatic N) is 1. The first-order valence-corrected chi connectivity index (χ1v) is 9.19. The van der Waals surface area contributed by atoms with Crippen LogP contribution in [-0.2, 0) is 22.8 Å². The molecule has 0 saturated carbocycles. The van der Waals surface area contributed by atoms with Crippen LogP contribution in [0, 0.1) is 0 Å². The van der Waals surface area contributed by atoms with Crippen molar-refractivity contribution >= 4 is 37.3 Å². The molecule has 3 rings (SSSR count). The lowest BCUT2D eigenvalue weighted by molar-refractivity contribution is -0.137. The van der Waals surface area contributed by atoms with Crippen molar-refractivity contribution in [3.05, 3.63) is 53.0 Å². The average Bonchev–Trinajstić information content (AvgIpc) is 2.96. The van der Waals surface area contributed by atoms with E-state index in [-0.39, 0.29) is 17.2 Å². The molecule has 2 aromatic carbocycles. The molecule has 2 N–H and O–H groups in total. The zero-order valence-corrected chi connectivity index (χ0v) is 14.0. The summed E-state index contributed by atoms with van der Waals surface area (Å²) in [6.45, 7) is -0.260. The molecule has 0 unspecified atom stereocenters. The third-order valence-electron chi connectivity index (χ3n) is 3.29. The zero-order chi connectivity index (χ0) is 18.2. The van der Waals surface area contributed by atoms with Gasteiger partial charge in [0.15, 0.2) is 0 Å². The van der Waals surface area contributed by atoms with Gasteiger partial charge in [-0.3, -0.25) is 4.72 Å². The summed E-state index contributed by atoms with van der Waals surface area (Å²) in [4.78, 5) is 3.95. The summed E-state index contributed by atoms with van der Waals surface area (Å²) in [5.74, 6) is 0. The van der Waals surface area contributed by atoms with Crippen LogP contribution >= 0.6 is 11.3 Å². The summed E-state index contributed by atoms with van der Waals surface area (Å²) in [5.41, 5.74) is -0.750. The minimum Gasteiger partial charge on any atom is -0.389 e. The van der Waals surface area contributed by atoms with Gasteiger partial charge < -0.3 is 5.11 Å². The van der Waals surface area contributed by atoms with Gasteiger partial charge in [0, 0.05) is 5.69 Å². The Morgan fingerprint density at radius 1 is 1.16 bits per heavy atom. The summed E-state index contributed by atoms with van der Waals surface area (Å²) in [6.07, 6.45) is -4.57. The number of fused-ring (bicyclic) bond motifs is 1. The van der Waals surface area contributed by atoms with Crippen LogP contribution in [0.3, 0.4) is 0 Å². The number of sulfonamides is 1. The lowest BCUT2D eigenvalue weighted by Gasteiger charge is -2.11. The Labute approximate surface area is 144 Å². The molecule has 0 spiro atoms. The van der Waals surface area contributed by atoms with Crippen LogP contribution in [0.5, 0.6) is 0 Å². The Morgan fingerprint density at radius 2 is 1.92 bits per heavy atom. The highest BCUT2D eigenvalue weighted by atomic mass is 32.2. The molecule has 0 aliphatic heterocycles. The largest absolute Gasteiger partial charge is 0.416 e. The van der Waals surface area contributed by atoms with E-state index >= 15 is 0 Å². The highest BCUT2D eigenvalue weighted by Crippen LogP contribution is 2.31. The van der Waals surface area contributed by atoms with Crippen molar-refractivity contribution in [1.29, 1.82) is 0 Å². The highest BCUT2D eigenvalue weighted by Gasteiger charge is 2.30. The van der Waals surface area contributed by atoms with Crippen molar-refractivity contribution in [1.82, 2.24) is 4.98 Å². The minimum atomic E-state index is -4.57. The van der Waals surface area contributed by atoms with E-state index in [2.05, 4.69) is 9.71 Å². The second-order valence-electron chi connectivity index (χ2n) is 5.08. The van der Waals surface area contributed by atoms with Gasteiger partial charge >= 0.3 is 6.18 Å². The Bertz CT molecular complexity index is 1030. The van der Waals surface area contributed by atoms with Crippen LogP contribution in [0.4, 0.5) is 18.9 Å². The predicted octanol–water partition coefficient (Wildman–Crippen LogP) is 3.61. The second-order valence-corrected chi connectivity index (χ2v) is 7.88. The van der Waals surface area contributed by atoms with E-state index < -0.39 is 21.8 Å². The lowest BCUT2D eigenvalue weighted by Crippen LogP contribution is -2.14. The quantitative estimate of drug-likeness (QED) is 0.716. The summed E-state index contributed by atoms with van der Waals surface area (Å²) in [5, 5.41) is 9.52. The number of thiazole rings is 1. The van der Waals surface area contributed by atoms with Gasteiger partial charge in [0.05, 0.1) is 27.3 Å². The fourth-order valence-corrected chi connectivity index (χ4v) is 4.04. The molecular weight excluding hydrogens is 377 g/mol. The number of anilines is 1. The maximum absolute atomic E-state index is 12.7. The van der Waals surface area contributed by atoms with Crippen molar-refractivity contribution in [3.63, 3.8) is 0 Å². The number of aromatic nitrogens is 1. The molecule has 0 amide bonds. The van der Waals surface area contributed by atoms with Crippen molar-refractivity contribution in [2.24, 2.45) is 0 Å². The van der Waals surface area contributed by atoms with Gasteiger partial charge in [-0.25, -0.2) is 13.4 Å². The van der Waals surface area contributed by atoms with Gasteiger partial charge in [-0.2, -0.15) is 13.2 Å². The summed E-state index contributed by atoms with van der Waals surface area (Å²) >= 11 is 1.22. The van der Waals surface area contributed by atoms with E-state index in [0.717, 1.165) is 18.2 Å². The van der Waals surface area contributed by atoms with E-state index in [1.54, 1.807) is 0 Å². The van der Waals surface area contributed by atoms with Crippen molar-refractivity contribution in [2.75, 3.05) is 4.72 Å². The molecule has 0 bridgehead atoms. The molecule has 0 aliphatic rings. The lowest BCUT2D eigenvalue weighted by atomic mass is 10.2. The Balaban J connectivity index is 1.94. The molecule has 3 aromatic rings. The minimum absolute atomic E-state index is 0.132. The highest BCUT2D eigenvalue weighted by molar-refractivity contribution is 7.92. The number of aliphatic hydroxyl groups excluding tert-OH is 1. The fourth-order valence-electron chi connectivity index (χ4n) is 2.16. The van der Waals surface area contributed by atoms with E-state index in [9.17, 15) is 21.6 Å². The van der Waals surface area contributed by atoms with Crippen molar-refractivity contribution in [2.45, 2.75) is 17.7 Å². The van der Waals surface area contributed by atoms with E-state index in [4.69, 9.17) is 5.11 Å². The monoisotopic (exact) mass is 388 g/mol. The Kier molecular flexibility index (Phi) is 4.43. The number of hydrogen-bond acceptors (Lipinski definition) is 5. The summed E-state index contributed by atoms with van der Waals surface area (Å²) in [6, 6.07) is 8.11. The molecule has 0 radical (unpaired) electrons. The number of rotatable bonds is 4. The van der Waals surface area contributed by atoms with Crippen molar-refractivity contribution in [3.8, 4) is 0 Å². The molecule has 0 saturated heterocycles. The first-order chi connectivity index (χ1) is 11.7. The molecule has 1 heterocycles. The van der Waals surface area contributed by atoms with Crippen LogP contribution in [0.1, 0.15) is 10.6 Å². The SMILES string of the molecule is O=S(=O)(Nc1cccc(C(F)(F)F)c1)c1ccc2sc(CO)nc2c1. The number of hydrogen-bond donors (Lipinski definition) is 2. The predicted molar refractivity (Wildman–Crippen MR) is 87.8 cm³/mol. The van der Waals surface area contributed by atoms with E-state index in [0.29, 0.717) is 15.2 Å². The van der Waals surface area contributed by atoms with Gasteiger partial charge in [-0.05, 0) is 36.4 Å². The molecule has 10 heteroatoms. The number of benzene rings is 2. The number of halogens is 3. The Hall–Kier alpha value is -2.17. The second kappa shape index (κ2) is 6.28. The molecule has 25 heavy (non-hydrogen) atoms. The maximum atomic E-state index is 12.7. The zero-order valence-electron chi connectivity index (χ0n) is 12.4. The Morgan fingerprint density at radius 3 is 2.60 bits per heavy atom. The number of aliphatic hydroxyl groups is 1. The molecule has 0 atom stereocenters. The van der Waals surface area contributed by atoms with Gasteiger partial charge in [0.1, 0.15) is 5.01 Å². The normalized spacial score (nSPS) is 12.5. The topological polar surface area (TPSA) is 79.3 Å². The molecule has 0 fully saturated rings. The van der Waals surface area contributed by atoms with E-state index in [1.165, 1.54) is 35.6 Å². The number of alkyl halides is 3. The maximum Gasteiger partial charge on any atom is 0.416 e. The van der Waals surface area contributed by atoms with Crippen LogP contribution in [0.2, 0.25) is 0 Å². The van der Waals surface area contributed by atoms with Crippen molar-refractivity contribution < 1.29 is 26.7 Å². The molecule has 132 valence electrons. The van der Waals surface area contributed by atoms with Gasteiger partial charge in [0.25, 0.3) is 10.0 Å². The van der Waals surface area contributed by atoms with Crippen LogP contribution in [0.15, 0.2) is 47.4 Å². The van der Waals surface area contributed by atoms with Crippen LogP contribution in [0.25, 0.3) is 10.2 Å².